The first kappa shape index (κ1) is 22.4. The van der Waals surface area contributed by atoms with E-state index in [2.05, 4.69) is 59.1 Å². The lowest BCUT2D eigenvalue weighted by Gasteiger charge is -2.35. The van der Waals surface area contributed by atoms with Gasteiger partial charge in [0.1, 0.15) is 5.82 Å². The second-order valence-electron chi connectivity index (χ2n) is 9.95. The quantitative estimate of drug-likeness (QED) is 0.771. The molecule has 0 spiro atoms. The van der Waals surface area contributed by atoms with Gasteiger partial charge in [0.05, 0.1) is 0 Å². The molecule has 0 radical (unpaired) electrons. The second-order valence-corrected chi connectivity index (χ2v) is 9.95. The normalized spacial score (nSPS) is 17.4. The number of nitrogens with zero attached hydrogens (tertiary/aromatic N) is 5. The zero-order valence-corrected chi connectivity index (χ0v) is 19.9. The number of aryl methyl sites for hydroxylation is 1. The third kappa shape index (κ3) is 5.31. The average molecular weight is 437 g/mol. The van der Waals surface area contributed by atoms with Crippen molar-refractivity contribution in [1.29, 1.82) is 0 Å². The summed E-state index contributed by atoms with van der Waals surface area (Å²) in [4.78, 5) is 28.8. The van der Waals surface area contributed by atoms with Gasteiger partial charge in [-0.05, 0) is 49.3 Å². The Kier molecular flexibility index (Phi) is 6.53. The molecular formula is C25H36N6O. The van der Waals surface area contributed by atoms with Crippen LogP contribution in [-0.2, 0) is 5.41 Å². The van der Waals surface area contributed by atoms with Gasteiger partial charge in [0.2, 0.25) is 5.95 Å². The van der Waals surface area contributed by atoms with E-state index in [0.29, 0.717) is 13.1 Å². The van der Waals surface area contributed by atoms with Gasteiger partial charge in [0.25, 0.3) is 0 Å². The van der Waals surface area contributed by atoms with Crippen LogP contribution in [-0.4, -0.2) is 60.2 Å². The molecule has 0 bridgehead atoms. The number of benzene rings is 1. The molecule has 0 aliphatic carbocycles. The number of piperazine rings is 1. The van der Waals surface area contributed by atoms with E-state index in [4.69, 9.17) is 4.98 Å². The van der Waals surface area contributed by atoms with Gasteiger partial charge >= 0.3 is 6.03 Å². The number of aromatic nitrogens is 2. The molecule has 0 atom stereocenters. The minimum atomic E-state index is -0.0488. The molecule has 1 aromatic heterocycles. The summed E-state index contributed by atoms with van der Waals surface area (Å²) in [6.07, 6.45) is 3.76. The molecule has 0 saturated carbocycles. The minimum Gasteiger partial charge on any atom is -0.356 e. The van der Waals surface area contributed by atoms with Crippen LogP contribution < -0.4 is 15.1 Å². The number of anilines is 3. The van der Waals surface area contributed by atoms with Crippen molar-refractivity contribution in [3.63, 3.8) is 0 Å². The Hall–Kier alpha value is -2.83. The molecule has 2 saturated heterocycles. The summed E-state index contributed by atoms with van der Waals surface area (Å²) < 4.78 is 0. The first-order valence-electron chi connectivity index (χ1n) is 11.8. The van der Waals surface area contributed by atoms with Gasteiger partial charge in [-0.1, -0.05) is 32.9 Å². The summed E-state index contributed by atoms with van der Waals surface area (Å²) in [6.45, 7) is 13.5. The minimum absolute atomic E-state index is 0.0488. The number of hydrogen-bond donors (Lipinski definition) is 1. The van der Waals surface area contributed by atoms with Crippen LogP contribution >= 0.6 is 0 Å². The van der Waals surface area contributed by atoms with Crippen molar-refractivity contribution in [2.24, 2.45) is 0 Å². The van der Waals surface area contributed by atoms with Crippen molar-refractivity contribution < 1.29 is 4.79 Å². The maximum atomic E-state index is 12.8. The first-order valence-corrected chi connectivity index (χ1v) is 11.8. The maximum absolute atomic E-state index is 12.8. The molecule has 2 aliphatic rings. The smallest absolute Gasteiger partial charge is 0.321 e. The number of amides is 2. The summed E-state index contributed by atoms with van der Waals surface area (Å²) in [5.41, 5.74) is 3.18. The highest BCUT2D eigenvalue weighted by Crippen LogP contribution is 2.24. The van der Waals surface area contributed by atoms with Gasteiger partial charge in [-0.25, -0.2) is 9.78 Å². The zero-order valence-electron chi connectivity index (χ0n) is 19.9. The van der Waals surface area contributed by atoms with E-state index in [1.54, 1.807) is 0 Å². The van der Waals surface area contributed by atoms with Gasteiger partial charge in [0, 0.05) is 56.7 Å². The second kappa shape index (κ2) is 9.35. The lowest BCUT2D eigenvalue weighted by atomic mass is 9.87. The predicted molar refractivity (Wildman–Crippen MR) is 131 cm³/mol. The number of carbonyl (C=O) groups is 1. The van der Waals surface area contributed by atoms with Crippen molar-refractivity contribution in [2.75, 3.05) is 54.4 Å². The van der Waals surface area contributed by atoms with Gasteiger partial charge in [-0.2, -0.15) is 4.98 Å². The third-order valence-corrected chi connectivity index (χ3v) is 6.36. The molecule has 7 heteroatoms. The summed E-state index contributed by atoms with van der Waals surface area (Å²) in [6, 6.07) is 10.2. The van der Waals surface area contributed by atoms with Crippen LogP contribution in [0.2, 0.25) is 0 Å². The highest BCUT2D eigenvalue weighted by Gasteiger charge is 2.24. The highest BCUT2D eigenvalue weighted by atomic mass is 16.2. The standard InChI is InChI=1S/C25H36N6O/c1-19-18-22(29-12-6-5-7-13-29)28-23(26-19)30-14-16-31(17-15-30)24(32)27-21-10-8-20(9-11-21)25(2,3)4/h8-11,18H,5-7,12-17H2,1-4H3,(H,27,32). The van der Waals surface area contributed by atoms with E-state index >= 15 is 0 Å². The lowest BCUT2D eigenvalue weighted by Crippen LogP contribution is -2.50. The first-order chi connectivity index (χ1) is 15.3. The topological polar surface area (TPSA) is 64.6 Å². The monoisotopic (exact) mass is 436 g/mol. The van der Waals surface area contributed by atoms with Crippen LogP contribution in [0.25, 0.3) is 0 Å². The molecule has 172 valence electrons. The summed E-state index contributed by atoms with van der Waals surface area (Å²) in [7, 11) is 0. The van der Waals surface area contributed by atoms with E-state index in [9.17, 15) is 4.79 Å². The van der Waals surface area contributed by atoms with Crippen LogP contribution in [0.4, 0.5) is 22.2 Å². The van der Waals surface area contributed by atoms with Gasteiger partial charge in [-0.15, -0.1) is 0 Å². The molecule has 1 aromatic carbocycles. The lowest BCUT2D eigenvalue weighted by molar-refractivity contribution is 0.208. The van der Waals surface area contributed by atoms with Crippen LogP contribution in [0.15, 0.2) is 30.3 Å². The molecule has 4 rings (SSSR count). The zero-order chi connectivity index (χ0) is 22.7. The fourth-order valence-corrected chi connectivity index (χ4v) is 4.33. The molecule has 2 aliphatic heterocycles. The molecule has 0 unspecified atom stereocenters. The molecule has 2 aromatic rings. The Balaban J connectivity index is 1.34. The fourth-order valence-electron chi connectivity index (χ4n) is 4.33. The molecule has 7 nitrogen and oxygen atoms in total. The highest BCUT2D eigenvalue weighted by molar-refractivity contribution is 5.89. The van der Waals surface area contributed by atoms with E-state index in [0.717, 1.165) is 49.3 Å². The number of urea groups is 1. The Bertz CT molecular complexity index is 922. The van der Waals surface area contributed by atoms with Crippen LogP contribution in [0.1, 0.15) is 51.3 Å². The van der Waals surface area contributed by atoms with Crippen molar-refractivity contribution >= 4 is 23.5 Å². The number of carbonyl (C=O) groups excluding carboxylic acids is 1. The summed E-state index contributed by atoms with van der Waals surface area (Å²) in [5, 5.41) is 3.04. The molecular weight excluding hydrogens is 400 g/mol. The van der Waals surface area contributed by atoms with Gasteiger partial charge in [-0.3, -0.25) is 0 Å². The molecule has 1 N–H and O–H groups in total. The fraction of sp³-hybridized carbons (Fsp3) is 0.560. The van der Waals surface area contributed by atoms with E-state index in [1.165, 1.54) is 24.8 Å². The Morgan fingerprint density at radius 1 is 0.875 bits per heavy atom. The Labute approximate surface area is 191 Å². The van der Waals surface area contributed by atoms with Crippen molar-refractivity contribution in [2.45, 2.75) is 52.4 Å². The third-order valence-electron chi connectivity index (χ3n) is 6.36. The molecule has 32 heavy (non-hydrogen) atoms. The maximum Gasteiger partial charge on any atom is 0.321 e. The van der Waals surface area contributed by atoms with E-state index < -0.39 is 0 Å². The van der Waals surface area contributed by atoms with Crippen molar-refractivity contribution in [1.82, 2.24) is 14.9 Å². The SMILES string of the molecule is Cc1cc(N2CCCCC2)nc(N2CCN(C(=O)Nc3ccc(C(C)(C)C)cc3)CC2)n1. The summed E-state index contributed by atoms with van der Waals surface area (Å²) >= 11 is 0. The van der Waals surface area contributed by atoms with Crippen molar-refractivity contribution in [3.05, 3.63) is 41.6 Å². The van der Waals surface area contributed by atoms with Crippen LogP contribution in [0, 0.1) is 6.92 Å². The van der Waals surface area contributed by atoms with Gasteiger partial charge < -0.3 is 20.0 Å². The molecule has 3 heterocycles. The number of nitrogens with one attached hydrogen (secondary N) is 1. The number of piperidine rings is 1. The van der Waals surface area contributed by atoms with Crippen molar-refractivity contribution in [3.8, 4) is 0 Å². The average Bonchev–Trinajstić information content (AvgIpc) is 2.79. The number of hydrogen-bond acceptors (Lipinski definition) is 5. The van der Waals surface area contributed by atoms with Gasteiger partial charge in [0.15, 0.2) is 0 Å². The molecule has 2 amide bonds. The van der Waals surface area contributed by atoms with Crippen LogP contribution in [0.5, 0.6) is 0 Å². The van der Waals surface area contributed by atoms with E-state index in [1.807, 2.05) is 24.0 Å². The van der Waals surface area contributed by atoms with Crippen LogP contribution in [0.3, 0.4) is 0 Å². The Morgan fingerprint density at radius 2 is 1.53 bits per heavy atom. The number of rotatable bonds is 3. The predicted octanol–water partition coefficient (Wildman–Crippen LogP) is 4.43. The summed E-state index contributed by atoms with van der Waals surface area (Å²) in [5.74, 6) is 1.81. The van der Waals surface area contributed by atoms with E-state index in [-0.39, 0.29) is 11.4 Å². The molecule has 2 fully saturated rings. The largest absolute Gasteiger partial charge is 0.356 e. The Morgan fingerprint density at radius 3 is 2.16 bits per heavy atom.